The van der Waals surface area contributed by atoms with Crippen molar-refractivity contribution in [2.45, 2.75) is 52.2 Å². The van der Waals surface area contributed by atoms with Crippen molar-refractivity contribution in [2.75, 3.05) is 0 Å². The number of nitrogens with one attached hydrogen (secondary N) is 1. The summed E-state index contributed by atoms with van der Waals surface area (Å²) in [5, 5.41) is 2.78. The number of carbonyl (C=O) groups is 2. The van der Waals surface area contributed by atoms with Crippen LogP contribution in [0.4, 0.5) is 0 Å². The first-order valence-electron chi connectivity index (χ1n) is 6.91. The summed E-state index contributed by atoms with van der Waals surface area (Å²) >= 11 is 0. The van der Waals surface area contributed by atoms with Crippen LogP contribution in [0.2, 0.25) is 0 Å². The molecule has 0 aliphatic carbocycles. The molecule has 1 aliphatic heterocycles. The Morgan fingerprint density at radius 3 is 2.65 bits per heavy atom. The Hall–Kier alpha value is -1.98. The predicted molar refractivity (Wildman–Crippen MR) is 73.6 cm³/mol. The summed E-state index contributed by atoms with van der Waals surface area (Å²) in [6.45, 7) is 5.90. The zero-order chi connectivity index (χ0) is 14.7. The van der Waals surface area contributed by atoms with E-state index in [0.29, 0.717) is 18.7 Å². The first kappa shape index (κ1) is 14.4. The Morgan fingerprint density at radius 1 is 1.30 bits per heavy atom. The number of hydrogen-bond acceptors (Lipinski definition) is 4. The summed E-state index contributed by atoms with van der Waals surface area (Å²) in [6, 6.07) is -0.888. The van der Waals surface area contributed by atoms with Crippen LogP contribution in [0.25, 0.3) is 0 Å². The minimum atomic E-state index is -0.473. The molecule has 108 valence electrons. The van der Waals surface area contributed by atoms with Gasteiger partial charge in [-0.25, -0.2) is 0 Å². The molecular weight excluding hydrogens is 256 g/mol. The first-order chi connectivity index (χ1) is 9.52. The zero-order valence-corrected chi connectivity index (χ0v) is 12.1. The molecule has 0 radical (unpaired) electrons. The Labute approximate surface area is 118 Å². The molecule has 0 spiro atoms. The second kappa shape index (κ2) is 5.98. The molecule has 0 saturated carbocycles. The van der Waals surface area contributed by atoms with E-state index >= 15 is 0 Å². The molecule has 2 unspecified atom stereocenters. The van der Waals surface area contributed by atoms with Crippen LogP contribution < -0.4 is 5.32 Å². The maximum absolute atomic E-state index is 12.4. The Bertz CT molecular complexity index is 500. The van der Waals surface area contributed by atoms with Crippen LogP contribution in [0.3, 0.4) is 0 Å². The first-order valence-corrected chi connectivity index (χ1v) is 6.91. The molecule has 6 heteroatoms. The fraction of sp³-hybridized carbons (Fsp3) is 0.571. The van der Waals surface area contributed by atoms with Crippen molar-refractivity contribution >= 4 is 11.8 Å². The van der Waals surface area contributed by atoms with Gasteiger partial charge in [0.2, 0.25) is 11.8 Å². The van der Waals surface area contributed by atoms with Crippen LogP contribution in [0.5, 0.6) is 0 Å². The maximum atomic E-state index is 12.4. The van der Waals surface area contributed by atoms with Gasteiger partial charge in [0.25, 0.3) is 0 Å². The van der Waals surface area contributed by atoms with Crippen molar-refractivity contribution in [1.82, 2.24) is 20.2 Å². The average molecular weight is 276 g/mol. The number of aromatic nitrogens is 2. The summed E-state index contributed by atoms with van der Waals surface area (Å²) < 4.78 is 0. The van der Waals surface area contributed by atoms with Crippen LogP contribution in [0.1, 0.15) is 38.1 Å². The molecule has 2 heterocycles. The number of aryl methyl sites for hydroxylation is 1. The number of carbonyl (C=O) groups excluding carboxylic acids is 2. The van der Waals surface area contributed by atoms with Gasteiger partial charge in [-0.2, -0.15) is 0 Å². The van der Waals surface area contributed by atoms with Crippen LogP contribution in [-0.2, 0) is 16.1 Å². The Balaban J connectivity index is 2.16. The second-order valence-corrected chi connectivity index (χ2v) is 5.14. The number of nitrogens with zero attached hydrogens (tertiary/aromatic N) is 3. The van der Waals surface area contributed by atoms with E-state index in [9.17, 15) is 9.59 Å². The molecule has 1 saturated heterocycles. The molecule has 1 N–H and O–H groups in total. The van der Waals surface area contributed by atoms with E-state index in [1.807, 2.05) is 13.8 Å². The van der Waals surface area contributed by atoms with Crippen molar-refractivity contribution in [3.8, 4) is 0 Å². The number of amides is 2. The molecule has 2 amide bonds. The smallest absolute Gasteiger partial charge is 0.246 e. The molecule has 20 heavy (non-hydrogen) atoms. The van der Waals surface area contributed by atoms with E-state index in [2.05, 4.69) is 15.3 Å². The van der Waals surface area contributed by atoms with E-state index < -0.39 is 12.1 Å². The van der Waals surface area contributed by atoms with E-state index in [0.717, 1.165) is 12.1 Å². The Kier molecular flexibility index (Phi) is 4.32. The van der Waals surface area contributed by atoms with E-state index in [-0.39, 0.29) is 11.8 Å². The van der Waals surface area contributed by atoms with E-state index in [1.54, 1.807) is 24.2 Å². The summed E-state index contributed by atoms with van der Waals surface area (Å²) in [6.07, 6.45) is 4.82. The normalized spacial score (nSPS) is 22.9. The highest BCUT2D eigenvalue weighted by molar-refractivity contribution is 5.96. The third-order valence-corrected chi connectivity index (χ3v) is 3.49. The lowest BCUT2D eigenvalue weighted by molar-refractivity contribution is -0.149. The van der Waals surface area contributed by atoms with Gasteiger partial charge in [0.15, 0.2) is 0 Å². The van der Waals surface area contributed by atoms with Crippen molar-refractivity contribution in [1.29, 1.82) is 0 Å². The monoisotopic (exact) mass is 276 g/mol. The van der Waals surface area contributed by atoms with Gasteiger partial charge in [0, 0.05) is 6.20 Å². The third-order valence-electron chi connectivity index (χ3n) is 3.49. The summed E-state index contributed by atoms with van der Waals surface area (Å²) in [5.74, 6) is -0.149. The van der Waals surface area contributed by atoms with Gasteiger partial charge in [-0.1, -0.05) is 13.3 Å². The number of piperazine rings is 1. The van der Waals surface area contributed by atoms with Gasteiger partial charge >= 0.3 is 0 Å². The van der Waals surface area contributed by atoms with Crippen molar-refractivity contribution in [2.24, 2.45) is 0 Å². The third kappa shape index (κ3) is 2.95. The molecule has 0 aromatic carbocycles. The van der Waals surface area contributed by atoms with Gasteiger partial charge in [-0.3, -0.25) is 19.6 Å². The highest BCUT2D eigenvalue weighted by Gasteiger charge is 2.37. The number of rotatable bonds is 4. The van der Waals surface area contributed by atoms with Gasteiger partial charge in [0.05, 0.1) is 24.1 Å². The number of hydrogen-bond donors (Lipinski definition) is 1. The highest BCUT2D eigenvalue weighted by atomic mass is 16.2. The molecule has 1 aromatic rings. The molecule has 2 atom stereocenters. The minimum absolute atomic E-state index is 0.0404. The lowest BCUT2D eigenvalue weighted by Crippen LogP contribution is -2.61. The molecule has 1 aliphatic rings. The zero-order valence-electron chi connectivity index (χ0n) is 12.1. The standard InChI is InChI=1S/C14H20N4O2/c1-4-5-12-14(20)18(10(3)13(19)17-12)8-11-7-15-9(2)6-16-11/h6-7,10,12H,4-5,8H2,1-3H3,(H,17,19). The SMILES string of the molecule is CCCC1NC(=O)C(C)N(Cc2cnc(C)cn2)C1=O. The molecule has 2 rings (SSSR count). The summed E-state index contributed by atoms with van der Waals surface area (Å²) in [5.41, 5.74) is 1.52. The summed E-state index contributed by atoms with van der Waals surface area (Å²) in [7, 11) is 0. The fourth-order valence-corrected chi connectivity index (χ4v) is 2.26. The molecule has 0 bridgehead atoms. The molecule has 1 fully saturated rings. The summed E-state index contributed by atoms with van der Waals surface area (Å²) in [4.78, 5) is 34.3. The van der Waals surface area contributed by atoms with Gasteiger partial charge < -0.3 is 10.2 Å². The maximum Gasteiger partial charge on any atom is 0.246 e. The van der Waals surface area contributed by atoms with Crippen LogP contribution in [0, 0.1) is 6.92 Å². The fourth-order valence-electron chi connectivity index (χ4n) is 2.26. The van der Waals surface area contributed by atoms with Gasteiger partial charge in [-0.15, -0.1) is 0 Å². The quantitative estimate of drug-likeness (QED) is 0.882. The minimum Gasteiger partial charge on any atom is -0.343 e. The van der Waals surface area contributed by atoms with E-state index in [4.69, 9.17) is 0 Å². The lowest BCUT2D eigenvalue weighted by atomic mass is 10.0. The second-order valence-electron chi connectivity index (χ2n) is 5.14. The van der Waals surface area contributed by atoms with Crippen molar-refractivity contribution < 1.29 is 9.59 Å². The predicted octanol–water partition coefficient (Wildman–Crippen LogP) is 0.801. The van der Waals surface area contributed by atoms with Crippen LogP contribution >= 0.6 is 0 Å². The molecular formula is C14H20N4O2. The van der Waals surface area contributed by atoms with Gasteiger partial charge in [-0.05, 0) is 20.3 Å². The van der Waals surface area contributed by atoms with Crippen molar-refractivity contribution in [3.05, 3.63) is 23.8 Å². The Morgan fingerprint density at radius 2 is 2.05 bits per heavy atom. The molecule has 6 nitrogen and oxygen atoms in total. The lowest BCUT2D eigenvalue weighted by Gasteiger charge is -2.37. The van der Waals surface area contributed by atoms with Crippen molar-refractivity contribution in [3.63, 3.8) is 0 Å². The highest BCUT2D eigenvalue weighted by Crippen LogP contribution is 2.15. The topological polar surface area (TPSA) is 75.2 Å². The van der Waals surface area contributed by atoms with E-state index in [1.165, 1.54) is 0 Å². The largest absolute Gasteiger partial charge is 0.343 e. The van der Waals surface area contributed by atoms with Crippen LogP contribution in [-0.4, -0.2) is 38.8 Å². The van der Waals surface area contributed by atoms with Crippen LogP contribution in [0.15, 0.2) is 12.4 Å². The van der Waals surface area contributed by atoms with Gasteiger partial charge in [0.1, 0.15) is 12.1 Å². The average Bonchev–Trinajstić information content (AvgIpc) is 2.43. The molecule has 1 aromatic heterocycles.